The fourth-order valence-corrected chi connectivity index (χ4v) is 0.919. The fourth-order valence-electron chi connectivity index (χ4n) is 0.919. The van der Waals surface area contributed by atoms with Gasteiger partial charge in [0.2, 0.25) is 5.91 Å². The summed E-state index contributed by atoms with van der Waals surface area (Å²) in [6.45, 7) is 2.02. The minimum absolute atomic E-state index is 0.0360. The lowest BCUT2D eigenvalue weighted by Gasteiger charge is -2.18. The van der Waals surface area contributed by atoms with Gasteiger partial charge in [-0.25, -0.2) is 0 Å². The SMILES string of the molecule is CC(O)CN(C)C(=O)CCCO. The van der Waals surface area contributed by atoms with Gasteiger partial charge >= 0.3 is 0 Å². The van der Waals surface area contributed by atoms with Crippen LogP contribution in [0.2, 0.25) is 0 Å². The first-order valence-corrected chi connectivity index (χ1v) is 4.10. The van der Waals surface area contributed by atoms with Crippen LogP contribution in [0.5, 0.6) is 0 Å². The third-order valence-electron chi connectivity index (χ3n) is 1.51. The van der Waals surface area contributed by atoms with Gasteiger partial charge in [0.05, 0.1) is 6.10 Å². The Balaban J connectivity index is 3.61. The van der Waals surface area contributed by atoms with Crippen LogP contribution in [-0.4, -0.2) is 47.3 Å². The smallest absolute Gasteiger partial charge is 0.222 e. The van der Waals surface area contributed by atoms with Crippen molar-refractivity contribution in [2.24, 2.45) is 0 Å². The minimum atomic E-state index is -0.493. The number of carbonyl (C=O) groups excluding carboxylic acids is 1. The van der Waals surface area contributed by atoms with Gasteiger partial charge in [0.15, 0.2) is 0 Å². The average Bonchev–Trinajstić information content (AvgIpc) is 1.98. The molecule has 0 aliphatic carbocycles. The van der Waals surface area contributed by atoms with Crippen LogP contribution in [0.3, 0.4) is 0 Å². The summed E-state index contributed by atoms with van der Waals surface area (Å²) in [6, 6.07) is 0. The number of likely N-dealkylation sites (N-methyl/N-ethyl adjacent to an activating group) is 1. The summed E-state index contributed by atoms with van der Waals surface area (Å²) >= 11 is 0. The highest BCUT2D eigenvalue weighted by atomic mass is 16.3. The van der Waals surface area contributed by atoms with Crippen molar-refractivity contribution in [2.75, 3.05) is 20.2 Å². The summed E-state index contributed by atoms with van der Waals surface area (Å²) in [5.74, 6) is -0.0371. The zero-order valence-corrected chi connectivity index (χ0v) is 7.66. The summed E-state index contributed by atoms with van der Waals surface area (Å²) in [4.78, 5) is 12.6. The Morgan fingerprint density at radius 1 is 1.58 bits per heavy atom. The maximum atomic E-state index is 11.1. The van der Waals surface area contributed by atoms with Crippen molar-refractivity contribution in [3.8, 4) is 0 Å². The van der Waals surface area contributed by atoms with E-state index in [9.17, 15) is 4.79 Å². The van der Waals surface area contributed by atoms with Gasteiger partial charge in [0.1, 0.15) is 0 Å². The Bertz CT molecular complexity index is 136. The molecule has 0 saturated heterocycles. The molecule has 0 bridgehead atoms. The number of rotatable bonds is 5. The number of hydrogen-bond donors (Lipinski definition) is 2. The van der Waals surface area contributed by atoms with E-state index in [2.05, 4.69) is 0 Å². The maximum absolute atomic E-state index is 11.1. The molecule has 1 unspecified atom stereocenters. The molecule has 1 amide bonds. The largest absolute Gasteiger partial charge is 0.396 e. The van der Waals surface area contributed by atoms with Gasteiger partial charge in [-0.3, -0.25) is 4.79 Å². The molecule has 72 valence electrons. The van der Waals surface area contributed by atoms with Crippen molar-refractivity contribution in [3.63, 3.8) is 0 Å². The van der Waals surface area contributed by atoms with E-state index in [-0.39, 0.29) is 12.5 Å². The van der Waals surface area contributed by atoms with Crippen molar-refractivity contribution >= 4 is 5.91 Å². The van der Waals surface area contributed by atoms with Gasteiger partial charge < -0.3 is 15.1 Å². The molecule has 4 nitrogen and oxygen atoms in total. The molecule has 0 radical (unpaired) electrons. The third kappa shape index (κ3) is 5.09. The van der Waals surface area contributed by atoms with Gasteiger partial charge in [0.25, 0.3) is 0 Å². The van der Waals surface area contributed by atoms with Crippen LogP contribution < -0.4 is 0 Å². The molecular formula is C8H17NO3. The highest BCUT2D eigenvalue weighted by Gasteiger charge is 2.09. The first-order valence-electron chi connectivity index (χ1n) is 4.10. The molecule has 0 aromatic heterocycles. The fraction of sp³-hybridized carbons (Fsp3) is 0.875. The molecule has 0 aliphatic heterocycles. The van der Waals surface area contributed by atoms with E-state index in [1.807, 2.05) is 0 Å². The highest BCUT2D eigenvalue weighted by molar-refractivity contribution is 5.75. The van der Waals surface area contributed by atoms with Crippen LogP contribution in [0.25, 0.3) is 0 Å². The molecular weight excluding hydrogens is 158 g/mol. The molecule has 0 aromatic rings. The molecule has 0 aromatic carbocycles. The predicted molar refractivity (Wildman–Crippen MR) is 45.6 cm³/mol. The maximum Gasteiger partial charge on any atom is 0.222 e. The van der Waals surface area contributed by atoms with Crippen LogP contribution in [0.1, 0.15) is 19.8 Å². The molecule has 0 rings (SSSR count). The lowest BCUT2D eigenvalue weighted by atomic mass is 10.3. The number of amides is 1. The van der Waals surface area contributed by atoms with E-state index in [4.69, 9.17) is 10.2 Å². The Morgan fingerprint density at radius 3 is 2.58 bits per heavy atom. The predicted octanol–water partition coefficient (Wildman–Crippen LogP) is -0.402. The van der Waals surface area contributed by atoms with Gasteiger partial charge in [-0.15, -0.1) is 0 Å². The standard InChI is InChI=1S/C8H17NO3/c1-7(11)6-9(2)8(12)4-3-5-10/h7,10-11H,3-6H2,1-2H3. The van der Waals surface area contributed by atoms with Crippen molar-refractivity contribution in [3.05, 3.63) is 0 Å². The number of aliphatic hydroxyl groups excluding tert-OH is 2. The first-order chi connectivity index (χ1) is 5.57. The average molecular weight is 175 g/mol. The highest BCUT2D eigenvalue weighted by Crippen LogP contribution is 1.96. The molecule has 0 heterocycles. The third-order valence-corrected chi connectivity index (χ3v) is 1.51. The second kappa shape index (κ2) is 5.97. The number of aliphatic hydroxyl groups is 2. The summed E-state index contributed by atoms with van der Waals surface area (Å²) in [7, 11) is 1.65. The molecule has 0 spiro atoms. The van der Waals surface area contributed by atoms with Crippen molar-refractivity contribution in [1.82, 2.24) is 4.90 Å². The van der Waals surface area contributed by atoms with Crippen LogP contribution in [-0.2, 0) is 4.79 Å². The van der Waals surface area contributed by atoms with Gasteiger partial charge in [0, 0.05) is 26.6 Å². The van der Waals surface area contributed by atoms with Crippen LogP contribution >= 0.6 is 0 Å². The van der Waals surface area contributed by atoms with Crippen LogP contribution in [0.4, 0.5) is 0 Å². The molecule has 12 heavy (non-hydrogen) atoms. The molecule has 4 heteroatoms. The quantitative estimate of drug-likeness (QED) is 0.597. The number of carbonyl (C=O) groups is 1. The first kappa shape index (κ1) is 11.4. The van der Waals surface area contributed by atoms with Gasteiger partial charge in [-0.05, 0) is 13.3 Å². The molecule has 2 N–H and O–H groups in total. The van der Waals surface area contributed by atoms with Crippen molar-refractivity contribution < 1.29 is 15.0 Å². The zero-order valence-electron chi connectivity index (χ0n) is 7.66. The minimum Gasteiger partial charge on any atom is -0.396 e. The van der Waals surface area contributed by atoms with Crippen molar-refractivity contribution in [2.45, 2.75) is 25.9 Å². The van der Waals surface area contributed by atoms with Crippen molar-refractivity contribution in [1.29, 1.82) is 0 Å². The van der Waals surface area contributed by atoms with E-state index in [1.54, 1.807) is 14.0 Å². The van der Waals surface area contributed by atoms with E-state index in [0.29, 0.717) is 19.4 Å². The summed E-state index contributed by atoms with van der Waals surface area (Å²) in [5, 5.41) is 17.4. The zero-order chi connectivity index (χ0) is 9.56. The lowest BCUT2D eigenvalue weighted by Crippen LogP contribution is -2.32. The Morgan fingerprint density at radius 2 is 2.17 bits per heavy atom. The Hall–Kier alpha value is -0.610. The molecule has 1 atom stereocenters. The van der Waals surface area contributed by atoms with E-state index in [1.165, 1.54) is 4.90 Å². The van der Waals surface area contributed by atoms with Crippen LogP contribution in [0, 0.1) is 0 Å². The van der Waals surface area contributed by atoms with Crippen LogP contribution in [0.15, 0.2) is 0 Å². The second-order valence-corrected chi connectivity index (χ2v) is 2.95. The topological polar surface area (TPSA) is 60.8 Å². The van der Waals surface area contributed by atoms with E-state index >= 15 is 0 Å². The molecule has 0 aliphatic rings. The second-order valence-electron chi connectivity index (χ2n) is 2.95. The Labute approximate surface area is 72.8 Å². The summed E-state index contributed by atoms with van der Waals surface area (Å²) in [5.41, 5.74) is 0. The van der Waals surface area contributed by atoms with E-state index in [0.717, 1.165) is 0 Å². The Kier molecular flexibility index (Phi) is 5.66. The number of hydrogen-bond acceptors (Lipinski definition) is 3. The summed E-state index contributed by atoms with van der Waals surface area (Å²) in [6.07, 6.45) is 0.343. The molecule has 0 fully saturated rings. The van der Waals surface area contributed by atoms with Gasteiger partial charge in [-0.2, -0.15) is 0 Å². The monoisotopic (exact) mass is 175 g/mol. The van der Waals surface area contributed by atoms with E-state index < -0.39 is 6.10 Å². The normalized spacial score (nSPS) is 12.7. The van der Waals surface area contributed by atoms with Gasteiger partial charge in [-0.1, -0.05) is 0 Å². The number of nitrogens with zero attached hydrogens (tertiary/aromatic N) is 1. The summed E-state index contributed by atoms with van der Waals surface area (Å²) < 4.78 is 0. The molecule has 0 saturated carbocycles. The lowest BCUT2D eigenvalue weighted by molar-refractivity contribution is -0.131.